The van der Waals surface area contributed by atoms with Gasteiger partial charge in [0.15, 0.2) is 5.37 Å². The molecule has 248 valence electrons. The molecule has 0 aromatic heterocycles. The van der Waals surface area contributed by atoms with Crippen LogP contribution in [0.15, 0.2) is 54.6 Å². The van der Waals surface area contributed by atoms with Gasteiger partial charge in [0.1, 0.15) is 17.8 Å². The van der Waals surface area contributed by atoms with E-state index in [9.17, 15) is 37.3 Å². The molecule has 0 aliphatic rings. The maximum absolute atomic E-state index is 13.2. The third-order valence-corrected chi connectivity index (χ3v) is 7.94. The summed E-state index contributed by atoms with van der Waals surface area (Å²) in [5.41, 5.74) is 7.46. The lowest BCUT2D eigenvalue weighted by molar-refractivity contribution is -0.132. The number of nitrogens with two attached hydrogens (primary N) is 1. The SMILES string of the molecule is CCCC[C@@H](NC(=O)[C@@H](N)Cc1ccc(O)cc1)C(=O)NCC(=O)N[C@@H](Cc1ccccc1)C(=O)NC(CC(C)C)S(=O)(=O)O. The molecule has 0 saturated heterocycles. The first kappa shape index (κ1) is 37.2. The van der Waals surface area contributed by atoms with Crippen LogP contribution in [0.5, 0.6) is 5.75 Å². The van der Waals surface area contributed by atoms with Crippen molar-refractivity contribution in [1.29, 1.82) is 0 Å². The molecule has 45 heavy (non-hydrogen) atoms. The van der Waals surface area contributed by atoms with Crippen molar-refractivity contribution < 1.29 is 37.3 Å². The number of amides is 4. The first-order valence-corrected chi connectivity index (χ1v) is 16.4. The predicted octanol–water partition coefficient (Wildman–Crippen LogP) is 1.16. The van der Waals surface area contributed by atoms with E-state index in [-0.39, 0.29) is 30.9 Å². The summed E-state index contributed by atoms with van der Waals surface area (Å²) in [6.45, 7) is 4.86. The van der Waals surface area contributed by atoms with Crippen LogP contribution in [0.3, 0.4) is 0 Å². The standard InChI is InChI=1S/C31H45N5O8S/c1-4-5-11-25(35-29(39)24(32)17-22-12-14-23(37)15-13-22)30(40)33-19-27(38)34-26(18-21-9-7-6-8-10-21)31(41)36-28(16-20(2)3)45(42,43)44/h6-10,12-15,20,24-26,28,37H,4-5,11,16-19,32H2,1-3H3,(H,33,40)(H,34,38)(H,35,39)(H,36,41)(H,42,43,44)/t24-,25+,26-,28?/m0/s1. The van der Waals surface area contributed by atoms with E-state index in [1.54, 1.807) is 56.3 Å². The normalized spacial score (nSPS) is 14.1. The Kier molecular flexibility index (Phi) is 14.9. The predicted molar refractivity (Wildman–Crippen MR) is 169 cm³/mol. The molecule has 0 saturated carbocycles. The third-order valence-electron chi connectivity index (χ3n) is 6.91. The second kappa shape index (κ2) is 18.1. The Hall–Kier alpha value is -4.01. The molecule has 4 amide bonds. The van der Waals surface area contributed by atoms with Crippen molar-refractivity contribution in [1.82, 2.24) is 21.3 Å². The average molecular weight is 648 g/mol. The van der Waals surface area contributed by atoms with Crippen LogP contribution < -0.4 is 27.0 Å². The van der Waals surface area contributed by atoms with Gasteiger partial charge in [-0.05, 0) is 48.4 Å². The van der Waals surface area contributed by atoms with Gasteiger partial charge in [-0.25, -0.2) is 0 Å². The minimum atomic E-state index is -4.62. The van der Waals surface area contributed by atoms with E-state index in [0.29, 0.717) is 18.4 Å². The number of carbonyl (C=O) groups is 4. The van der Waals surface area contributed by atoms with Gasteiger partial charge >= 0.3 is 0 Å². The molecule has 4 atom stereocenters. The summed E-state index contributed by atoms with van der Waals surface area (Å²) in [6.07, 6.45) is 1.81. The molecule has 13 nitrogen and oxygen atoms in total. The van der Waals surface area contributed by atoms with E-state index in [2.05, 4.69) is 21.3 Å². The van der Waals surface area contributed by atoms with Gasteiger partial charge in [0.2, 0.25) is 23.6 Å². The van der Waals surface area contributed by atoms with Crippen LogP contribution in [0.2, 0.25) is 0 Å². The second-order valence-corrected chi connectivity index (χ2v) is 12.9. The molecule has 0 fully saturated rings. The summed E-state index contributed by atoms with van der Waals surface area (Å²) in [6, 6.07) is 11.8. The van der Waals surface area contributed by atoms with E-state index >= 15 is 0 Å². The lowest BCUT2D eigenvalue weighted by atomic mass is 10.0. The lowest BCUT2D eigenvalue weighted by Gasteiger charge is -2.24. The Morgan fingerprint density at radius 3 is 2.02 bits per heavy atom. The fraction of sp³-hybridized carbons (Fsp3) is 0.484. The van der Waals surface area contributed by atoms with Crippen molar-refractivity contribution in [2.24, 2.45) is 11.7 Å². The van der Waals surface area contributed by atoms with E-state index in [0.717, 1.165) is 12.0 Å². The summed E-state index contributed by atoms with van der Waals surface area (Å²) in [7, 11) is -4.62. The molecule has 0 aliphatic heterocycles. The average Bonchev–Trinajstić information content (AvgIpc) is 2.98. The van der Waals surface area contributed by atoms with Crippen molar-refractivity contribution in [3.63, 3.8) is 0 Å². The number of carbonyl (C=O) groups excluding carboxylic acids is 4. The van der Waals surface area contributed by atoms with Crippen molar-refractivity contribution in [2.45, 2.75) is 82.8 Å². The van der Waals surface area contributed by atoms with Crippen LogP contribution in [0.4, 0.5) is 0 Å². The molecular weight excluding hydrogens is 602 g/mol. The van der Waals surface area contributed by atoms with Crippen molar-refractivity contribution in [3.8, 4) is 5.75 Å². The Morgan fingerprint density at radius 2 is 1.44 bits per heavy atom. The highest BCUT2D eigenvalue weighted by Crippen LogP contribution is 2.13. The van der Waals surface area contributed by atoms with E-state index in [1.165, 1.54) is 12.1 Å². The minimum absolute atomic E-state index is 0.0142. The third kappa shape index (κ3) is 13.7. The Morgan fingerprint density at radius 1 is 0.822 bits per heavy atom. The van der Waals surface area contributed by atoms with Crippen LogP contribution in [0, 0.1) is 5.92 Å². The zero-order chi connectivity index (χ0) is 33.6. The molecule has 2 rings (SSSR count). The number of benzene rings is 2. The largest absolute Gasteiger partial charge is 0.508 e. The summed E-state index contributed by atoms with van der Waals surface area (Å²) < 4.78 is 33.4. The minimum Gasteiger partial charge on any atom is -0.508 e. The van der Waals surface area contributed by atoms with Gasteiger partial charge in [-0.3, -0.25) is 23.7 Å². The molecule has 0 spiro atoms. The summed E-state index contributed by atoms with van der Waals surface area (Å²) in [5, 5.41) is 17.9. The number of nitrogens with one attached hydrogen (secondary N) is 4. The molecule has 2 aromatic carbocycles. The van der Waals surface area contributed by atoms with Gasteiger partial charge < -0.3 is 32.1 Å². The molecule has 0 bridgehead atoms. The van der Waals surface area contributed by atoms with Gasteiger partial charge in [-0.15, -0.1) is 0 Å². The number of hydrogen-bond acceptors (Lipinski definition) is 8. The van der Waals surface area contributed by atoms with Crippen molar-refractivity contribution >= 4 is 33.7 Å². The first-order chi connectivity index (χ1) is 21.2. The van der Waals surface area contributed by atoms with Gasteiger partial charge in [0.05, 0.1) is 12.6 Å². The Bertz CT molecular complexity index is 1370. The van der Waals surface area contributed by atoms with Gasteiger partial charge in [0.25, 0.3) is 10.1 Å². The highest BCUT2D eigenvalue weighted by molar-refractivity contribution is 7.86. The smallest absolute Gasteiger partial charge is 0.286 e. The van der Waals surface area contributed by atoms with Crippen LogP contribution >= 0.6 is 0 Å². The number of rotatable bonds is 18. The molecule has 8 N–H and O–H groups in total. The molecule has 14 heteroatoms. The fourth-order valence-electron chi connectivity index (χ4n) is 4.47. The summed E-state index contributed by atoms with van der Waals surface area (Å²) in [5.74, 6) is -2.81. The highest BCUT2D eigenvalue weighted by atomic mass is 32.2. The Balaban J connectivity index is 2.07. The summed E-state index contributed by atoms with van der Waals surface area (Å²) in [4.78, 5) is 51.9. The quantitative estimate of drug-likeness (QED) is 0.115. The maximum atomic E-state index is 13.2. The van der Waals surface area contributed by atoms with Crippen LogP contribution in [-0.2, 0) is 42.1 Å². The molecule has 0 radical (unpaired) electrons. The topological polar surface area (TPSA) is 217 Å². The number of aromatic hydroxyl groups is 1. The number of hydrogen-bond donors (Lipinski definition) is 7. The fourth-order valence-corrected chi connectivity index (χ4v) is 5.37. The van der Waals surface area contributed by atoms with E-state index in [1.807, 2.05) is 6.92 Å². The first-order valence-electron chi connectivity index (χ1n) is 14.9. The molecular formula is C31H45N5O8S. The van der Waals surface area contributed by atoms with E-state index in [4.69, 9.17) is 5.73 Å². The second-order valence-electron chi connectivity index (χ2n) is 11.3. The molecule has 1 unspecified atom stereocenters. The van der Waals surface area contributed by atoms with Crippen molar-refractivity contribution in [3.05, 3.63) is 65.7 Å². The lowest BCUT2D eigenvalue weighted by Crippen LogP contribution is -2.55. The molecule has 2 aromatic rings. The number of unbranched alkanes of at least 4 members (excludes halogenated alkanes) is 1. The van der Waals surface area contributed by atoms with E-state index < -0.39 is 63.8 Å². The monoisotopic (exact) mass is 647 g/mol. The van der Waals surface area contributed by atoms with Crippen LogP contribution in [0.25, 0.3) is 0 Å². The van der Waals surface area contributed by atoms with Gasteiger partial charge in [-0.2, -0.15) is 8.42 Å². The van der Waals surface area contributed by atoms with Gasteiger partial charge in [0, 0.05) is 6.42 Å². The van der Waals surface area contributed by atoms with Crippen LogP contribution in [-0.4, -0.2) is 71.7 Å². The number of phenolic OH excluding ortho intramolecular Hbond substituents is 1. The zero-order valence-electron chi connectivity index (χ0n) is 25.9. The zero-order valence-corrected chi connectivity index (χ0v) is 26.7. The molecule has 0 aliphatic carbocycles. The van der Waals surface area contributed by atoms with Gasteiger partial charge in [-0.1, -0.05) is 76.1 Å². The molecule has 0 heterocycles. The van der Waals surface area contributed by atoms with Crippen molar-refractivity contribution in [2.75, 3.05) is 6.54 Å². The summed E-state index contributed by atoms with van der Waals surface area (Å²) >= 11 is 0. The maximum Gasteiger partial charge on any atom is 0.286 e. The van der Waals surface area contributed by atoms with Crippen LogP contribution in [0.1, 0.15) is 57.6 Å². The Labute approximate surface area is 264 Å². The number of phenols is 1. The highest BCUT2D eigenvalue weighted by Gasteiger charge is 2.30.